The summed E-state index contributed by atoms with van der Waals surface area (Å²) in [6.45, 7) is 9.44. The highest BCUT2D eigenvalue weighted by atomic mass is 35.5. The van der Waals surface area contributed by atoms with Gasteiger partial charge in [0.1, 0.15) is 11.5 Å². The van der Waals surface area contributed by atoms with E-state index < -0.39 is 12.1 Å². The van der Waals surface area contributed by atoms with Crippen molar-refractivity contribution in [1.29, 1.82) is 0 Å². The molecule has 0 saturated heterocycles. The lowest BCUT2D eigenvalue weighted by molar-refractivity contribution is -0.133. The summed E-state index contributed by atoms with van der Waals surface area (Å²) in [6.07, 6.45) is 17.9. The number of rotatable bonds is 32. The third-order valence-electron chi connectivity index (χ3n) is 8.77. The van der Waals surface area contributed by atoms with Gasteiger partial charge in [-0.15, -0.1) is 49.6 Å². The van der Waals surface area contributed by atoms with E-state index in [9.17, 15) is 9.59 Å². The molecule has 2 amide bonds. The molecule has 1 aromatic rings. The van der Waals surface area contributed by atoms with Crippen LogP contribution in [-0.4, -0.2) is 86.2 Å². The van der Waals surface area contributed by atoms with Gasteiger partial charge in [0.25, 0.3) is 0 Å². The number of carbonyl (C=O) groups is 2. The standard InChI is InChI=1S/C38H72N6O4.4ClH/c1-3-5-7-9-15-27-43(37(45)35(41)19-11-13-25-39)29-17-31-47-33-21-23-34(24-22-33)48-32-18-30-44(28-16-10-8-6-4-2)38(46)36(42)20-12-14-26-40;;;;/h21-24,35-36H,3-20,25-32,39-42H2,1-2H3;4*1H/t35-,36-;;;;/m0..../s1. The van der Waals surface area contributed by atoms with Crippen LogP contribution in [0.5, 0.6) is 11.5 Å². The second-order valence-electron chi connectivity index (χ2n) is 13.1. The number of ether oxygens (including phenoxy) is 2. The molecule has 0 heterocycles. The maximum absolute atomic E-state index is 13.1. The second-order valence-corrected chi connectivity index (χ2v) is 13.1. The lowest BCUT2D eigenvalue weighted by Crippen LogP contribution is -2.45. The fraction of sp³-hybridized carbons (Fsp3) is 0.789. The van der Waals surface area contributed by atoms with Crippen LogP contribution < -0.4 is 32.4 Å². The second kappa shape index (κ2) is 39.5. The molecule has 0 aliphatic rings. The lowest BCUT2D eigenvalue weighted by Gasteiger charge is -2.26. The highest BCUT2D eigenvalue weighted by Crippen LogP contribution is 2.18. The van der Waals surface area contributed by atoms with Crippen molar-refractivity contribution in [2.24, 2.45) is 22.9 Å². The SMILES string of the molecule is CCCCCCCN(CCCOc1ccc(OCCCN(CCCCCCC)C(=O)[C@@H](N)CCCCN)cc1)C(=O)[C@@H](N)CCCCN.Cl.Cl.Cl.Cl. The number of hydrogen-bond donors (Lipinski definition) is 4. The Hall–Kier alpha value is -1.24. The van der Waals surface area contributed by atoms with Crippen molar-refractivity contribution in [2.45, 2.75) is 142 Å². The largest absolute Gasteiger partial charge is 0.494 e. The summed E-state index contributed by atoms with van der Waals surface area (Å²) in [4.78, 5) is 30.0. The molecule has 14 heteroatoms. The average Bonchev–Trinajstić information content (AvgIpc) is 3.09. The van der Waals surface area contributed by atoms with E-state index in [1.54, 1.807) is 0 Å². The smallest absolute Gasteiger partial charge is 0.239 e. The molecule has 0 bridgehead atoms. The number of unbranched alkanes of at least 4 members (excludes halogenated alkanes) is 10. The van der Waals surface area contributed by atoms with Crippen molar-refractivity contribution < 1.29 is 19.1 Å². The number of halogens is 4. The minimum absolute atomic E-state index is 0. The first-order chi connectivity index (χ1) is 23.4. The van der Waals surface area contributed by atoms with Crippen molar-refractivity contribution in [3.63, 3.8) is 0 Å². The van der Waals surface area contributed by atoms with Crippen LogP contribution in [0.15, 0.2) is 24.3 Å². The van der Waals surface area contributed by atoms with E-state index in [0.29, 0.717) is 52.2 Å². The van der Waals surface area contributed by atoms with Gasteiger partial charge in [0, 0.05) is 26.2 Å². The van der Waals surface area contributed by atoms with Gasteiger partial charge in [0.05, 0.1) is 25.3 Å². The summed E-state index contributed by atoms with van der Waals surface area (Å²) in [5, 5.41) is 0. The molecule has 1 aromatic carbocycles. The Bertz CT molecular complexity index is 866. The van der Waals surface area contributed by atoms with Crippen LogP contribution in [0.4, 0.5) is 0 Å². The molecule has 310 valence electrons. The van der Waals surface area contributed by atoms with Crippen molar-refractivity contribution in [1.82, 2.24) is 9.80 Å². The molecule has 8 N–H and O–H groups in total. The van der Waals surface area contributed by atoms with Crippen LogP contribution in [0, 0.1) is 0 Å². The van der Waals surface area contributed by atoms with Crippen molar-refractivity contribution in [3.05, 3.63) is 24.3 Å². The average molecular weight is 823 g/mol. The first-order valence-electron chi connectivity index (χ1n) is 19.2. The number of nitrogens with zero attached hydrogens (tertiary/aromatic N) is 2. The molecule has 0 aromatic heterocycles. The fourth-order valence-electron chi connectivity index (χ4n) is 5.73. The van der Waals surface area contributed by atoms with Gasteiger partial charge in [-0.2, -0.15) is 0 Å². The summed E-state index contributed by atoms with van der Waals surface area (Å²) in [5.74, 6) is 1.60. The quantitative estimate of drug-likeness (QED) is 0.0546. The summed E-state index contributed by atoms with van der Waals surface area (Å²) in [6, 6.07) is 6.70. The Balaban J connectivity index is -0.00000288. The number of hydrogen-bond acceptors (Lipinski definition) is 8. The Morgan fingerprint density at radius 2 is 0.846 bits per heavy atom. The van der Waals surface area contributed by atoms with Gasteiger partial charge >= 0.3 is 0 Å². The molecular formula is C38H76Cl4N6O4. The minimum atomic E-state index is -0.469. The monoisotopic (exact) mass is 820 g/mol. The Kier molecular flexibility index (Phi) is 43.6. The first-order valence-corrected chi connectivity index (χ1v) is 19.2. The highest BCUT2D eigenvalue weighted by molar-refractivity contribution is 5.86. The summed E-state index contributed by atoms with van der Waals surface area (Å²) in [5.41, 5.74) is 23.7. The fourth-order valence-corrected chi connectivity index (χ4v) is 5.73. The Morgan fingerprint density at radius 1 is 0.519 bits per heavy atom. The van der Waals surface area contributed by atoms with Gasteiger partial charge in [-0.25, -0.2) is 0 Å². The Labute approximate surface area is 341 Å². The van der Waals surface area contributed by atoms with Crippen LogP contribution in [0.1, 0.15) is 129 Å². The molecule has 2 atom stereocenters. The number of benzene rings is 1. The summed E-state index contributed by atoms with van der Waals surface area (Å²) >= 11 is 0. The van der Waals surface area contributed by atoms with Gasteiger partial charge < -0.3 is 42.2 Å². The molecule has 0 radical (unpaired) electrons. The van der Waals surface area contributed by atoms with Crippen LogP contribution in [-0.2, 0) is 9.59 Å². The lowest BCUT2D eigenvalue weighted by atomic mass is 10.1. The number of nitrogens with two attached hydrogens (primary N) is 4. The van der Waals surface area contributed by atoms with Crippen LogP contribution >= 0.6 is 49.6 Å². The predicted octanol–water partition coefficient (Wildman–Crippen LogP) is 7.42. The van der Waals surface area contributed by atoms with Crippen molar-refractivity contribution in [3.8, 4) is 11.5 Å². The zero-order valence-corrected chi connectivity index (χ0v) is 35.6. The van der Waals surface area contributed by atoms with E-state index >= 15 is 0 Å². The van der Waals surface area contributed by atoms with Crippen LogP contribution in [0.25, 0.3) is 0 Å². The third-order valence-corrected chi connectivity index (χ3v) is 8.77. The van der Waals surface area contributed by atoms with Crippen LogP contribution in [0.3, 0.4) is 0 Å². The zero-order valence-electron chi connectivity index (χ0n) is 32.3. The number of amides is 2. The molecule has 0 fully saturated rings. The molecule has 0 unspecified atom stereocenters. The predicted molar refractivity (Wildman–Crippen MR) is 228 cm³/mol. The first kappa shape index (κ1) is 57.5. The van der Waals surface area contributed by atoms with Gasteiger partial charge in [0.15, 0.2) is 0 Å². The topological polar surface area (TPSA) is 163 Å². The molecular weight excluding hydrogens is 746 g/mol. The third kappa shape index (κ3) is 28.2. The normalized spacial score (nSPS) is 11.5. The van der Waals surface area contributed by atoms with E-state index in [1.807, 2.05) is 34.1 Å². The van der Waals surface area contributed by atoms with Gasteiger partial charge in [-0.1, -0.05) is 78.1 Å². The maximum Gasteiger partial charge on any atom is 0.239 e. The molecule has 0 saturated carbocycles. The van der Waals surface area contributed by atoms with Gasteiger partial charge in [0.2, 0.25) is 11.8 Å². The van der Waals surface area contributed by atoms with E-state index in [2.05, 4.69) is 13.8 Å². The van der Waals surface area contributed by atoms with Crippen molar-refractivity contribution >= 4 is 61.4 Å². The Morgan fingerprint density at radius 3 is 1.17 bits per heavy atom. The molecule has 0 spiro atoms. The van der Waals surface area contributed by atoms with E-state index in [1.165, 1.54) is 38.5 Å². The van der Waals surface area contributed by atoms with E-state index in [-0.39, 0.29) is 61.4 Å². The van der Waals surface area contributed by atoms with Gasteiger partial charge in [-0.05, 0) is 88.7 Å². The van der Waals surface area contributed by atoms with Gasteiger partial charge in [-0.3, -0.25) is 9.59 Å². The summed E-state index contributed by atoms with van der Waals surface area (Å²) < 4.78 is 12.0. The van der Waals surface area contributed by atoms with E-state index in [0.717, 1.165) is 88.8 Å². The molecule has 0 aliphatic heterocycles. The van der Waals surface area contributed by atoms with E-state index in [4.69, 9.17) is 32.4 Å². The number of carbonyl (C=O) groups excluding carboxylic acids is 2. The summed E-state index contributed by atoms with van der Waals surface area (Å²) in [7, 11) is 0. The molecule has 0 aliphatic carbocycles. The molecule has 52 heavy (non-hydrogen) atoms. The zero-order chi connectivity index (χ0) is 35.2. The van der Waals surface area contributed by atoms with Crippen molar-refractivity contribution in [2.75, 3.05) is 52.5 Å². The van der Waals surface area contributed by atoms with Crippen LogP contribution in [0.2, 0.25) is 0 Å². The highest BCUT2D eigenvalue weighted by Gasteiger charge is 2.21. The molecule has 10 nitrogen and oxygen atoms in total. The molecule has 1 rings (SSSR count). The maximum atomic E-state index is 13.1. The minimum Gasteiger partial charge on any atom is -0.494 e.